The lowest BCUT2D eigenvalue weighted by atomic mass is 9.55. The van der Waals surface area contributed by atoms with Crippen LogP contribution in [-0.2, 0) is 4.79 Å². The zero-order valence-corrected chi connectivity index (χ0v) is 15.2. The van der Waals surface area contributed by atoms with Crippen LogP contribution in [-0.4, -0.2) is 23.7 Å². The molecule has 1 aromatic carbocycles. The van der Waals surface area contributed by atoms with Crippen molar-refractivity contribution in [1.82, 2.24) is 0 Å². The first-order chi connectivity index (χ1) is 11.9. The standard InChI is InChI=1S/C21H26FNO2/c1-14(2)21(15(3)4)17(13-25)12-23-20(19(21)6-5-11-24)16-7-9-18(22)10-8-16/h5-12,14-15,19,25H,13H2,1-4H3. The van der Waals surface area contributed by atoms with E-state index in [9.17, 15) is 14.3 Å². The highest BCUT2D eigenvalue weighted by Gasteiger charge is 2.49. The highest BCUT2D eigenvalue weighted by atomic mass is 19.1. The first-order valence-corrected chi connectivity index (χ1v) is 8.65. The topological polar surface area (TPSA) is 49.7 Å². The largest absolute Gasteiger partial charge is 0.392 e. The molecule has 134 valence electrons. The molecule has 0 bridgehead atoms. The van der Waals surface area contributed by atoms with Crippen LogP contribution in [0.25, 0.3) is 0 Å². The van der Waals surface area contributed by atoms with Gasteiger partial charge >= 0.3 is 0 Å². The van der Waals surface area contributed by atoms with Crippen LogP contribution in [0.5, 0.6) is 0 Å². The number of nitrogens with zero attached hydrogens (tertiary/aromatic N) is 1. The molecule has 0 fully saturated rings. The average molecular weight is 343 g/mol. The number of aldehydes is 1. The first kappa shape index (κ1) is 19.3. The van der Waals surface area contributed by atoms with Crippen molar-refractivity contribution in [3.8, 4) is 0 Å². The molecule has 1 aliphatic heterocycles. The Hall–Kier alpha value is -2.07. The summed E-state index contributed by atoms with van der Waals surface area (Å²) in [5, 5.41) is 9.98. The van der Waals surface area contributed by atoms with Gasteiger partial charge in [0.05, 0.1) is 12.3 Å². The van der Waals surface area contributed by atoms with Crippen molar-refractivity contribution in [2.24, 2.45) is 28.2 Å². The minimum Gasteiger partial charge on any atom is -0.392 e. The van der Waals surface area contributed by atoms with Gasteiger partial charge in [-0.05, 0) is 41.2 Å². The summed E-state index contributed by atoms with van der Waals surface area (Å²) in [5.41, 5.74) is 2.10. The highest BCUT2D eigenvalue weighted by molar-refractivity contribution is 6.05. The fraction of sp³-hybridized carbons (Fsp3) is 0.429. The molecule has 4 heteroatoms. The van der Waals surface area contributed by atoms with Crippen molar-refractivity contribution in [2.75, 3.05) is 6.61 Å². The van der Waals surface area contributed by atoms with Crippen molar-refractivity contribution < 1.29 is 14.3 Å². The first-order valence-electron chi connectivity index (χ1n) is 8.65. The van der Waals surface area contributed by atoms with E-state index in [1.54, 1.807) is 18.3 Å². The van der Waals surface area contributed by atoms with Gasteiger partial charge in [-0.15, -0.1) is 0 Å². The molecule has 1 aliphatic rings. The van der Waals surface area contributed by atoms with E-state index in [0.717, 1.165) is 23.1 Å². The minimum absolute atomic E-state index is 0.0814. The van der Waals surface area contributed by atoms with Crippen LogP contribution in [0.3, 0.4) is 0 Å². The fourth-order valence-electron chi connectivity index (χ4n) is 4.35. The Kier molecular flexibility index (Phi) is 6.07. The molecule has 0 spiro atoms. The van der Waals surface area contributed by atoms with E-state index in [4.69, 9.17) is 0 Å². The number of hydrogen-bond acceptors (Lipinski definition) is 3. The molecule has 0 aliphatic carbocycles. The Morgan fingerprint density at radius 1 is 1.20 bits per heavy atom. The van der Waals surface area contributed by atoms with E-state index in [-0.39, 0.29) is 35.6 Å². The van der Waals surface area contributed by atoms with Crippen LogP contribution in [0.4, 0.5) is 4.39 Å². The molecule has 2 rings (SSSR count). The Bertz CT molecular complexity index is 691. The summed E-state index contributed by atoms with van der Waals surface area (Å²) in [4.78, 5) is 15.6. The lowest BCUT2D eigenvalue weighted by molar-refractivity contribution is -0.104. The minimum atomic E-state index is -0.375. The fourth-order valence-corrected chi connectivity index (χ4v) is 4.35. The molecular weight excluding hydrogens is 317 g/mol. The number of allylic oxidation sites excluding steroid dienone is 2. The quantitative estimate of drug-likeness (QED) is 0.622. The molecule has 0 saturated carbocycles. The van der Waals surface area contributed by atoms with Crippen LogP contribution < -0.4 is 0 Å². The molecule has 25 heavy (non-hydrogen) atoms. The second-order valence-electron chi connectivity index (χ2n) is 7.07. The monoisotopic (exact) mass is 343 g/mol. The number of halogens is 1. The van der Waals surface area contributed by atoms with Gasteiger partial charge in [0.2, 0.25) is 0 Å². The summed E-state index contributed by atoms with van der Waals surface area (Å²) in [6.07, 6.45) is 5.84. The summed E-state index contributed by atoms with van der Waals surface area (Å²) < 4.78 is 13.3. The van der Waals surface area contributed by atoms with E-state index in [1.807, 2.05) is 6.08 Å². The molecule has 0 saturated heterocycles. The number of rotatable bonds is 6. The van der Waals surface area contributed by atoms with Gasteiger partial charge in [0.25, 0.3) is 0 Å². The van der Waals surface area contributed by atoms with Crippen LogP contribution >= 0.6 is 0 Å². The third kappa shape index (κ3) is 3.36. The number of aliphatic hydroxyl groups is 1. The number of hydrogen-bond donors (Lipinski definition) is 1. The van der Waals surface area contributed by atoms with E-state index in [0.29, 0.717) is 0 Å². The number of aliphatic imine (C=N–C) groups is 1. The van der Waals surface area contributed by atoms with Gasteiger partial charge in [-0.25, -0.2) is 4.39 Å². The summed E-state index contributed by atoms with van der Waals surface area (Å²) in [5.74, 6) is -0.0719. The van der Waals surface area contributed by atoms with Crippen LogP contribution in [0.1, 0.15) is 33.3 Å². The maximum Gasteiger partial charge on any atom is 0.142 e. The molecule has 1 unspecified atom stereocenters. The number of carbonyl (C=O) groups excluding carboxylic acids is 1. The van der Waals surface area contributed by atoms with Crippen molar-refractivity contribution >= 4 is 12.0 Å². The average Bonchev–Trinajstić information content (AvgIpc) is 2.59. The molecule has 0 amide bonds. The molecular formula is C21H26FNO2. The van der Waals surface area contributed by atoms with Gasteiger partial charge in [0.1, 0.15) is 12.1 Å². The Labute approximate surface area is 149 Å². The van der Waals surface area contributed by atoms with E-state index >= 15 is 0 Å². The molecule has 1 aromatic rings. The molecule has 0 aromatic heterocycles. The Balaban J connectivity index is 2.72. The summed E-state index contributed by atoms with van der Waals surface area (Å²) in [7, 11) is 0. The maximum absolute atomic E-state index is 13.3. The van der Waals surface area contributed by atoms with Gasteiger partial charge in [0, 0.05) is 17.5 Å². The second kappa shape index (κ2) is 7.87. The van der Waals surface area contributed by atoms with Crippen molar-refractivity contribution in [2.45, 2.75) is 27.7 Å². The third-order valence-electron chi connectivity index (χ3n) is 5.33. The maximum atomic E-state index is 13.3. The zero-order valence-electron chi connectivity index (χ0n) is 15.2. The van der Waals surface area contributed by atoms with Crippen molar-refractivity contribution in [3.63, 3.8) is 0 Å². The lowest BCUT2D eigenvalue weighted by Gasteiger charge is -2.50. The third-order valence-corrected chi connectivity index (χ3v) is 5.33. The van der Waals surface area contributed by atoms with Gasteiger partial charge in [-0.3, -0.25) is 9.79 Å². The van der Waals surface area contributed by atoms with Crippen molar-refractivity contribution in [3.05, 3.63) is 59.6 Å². The predicted molar refractivity (Wildman–Crippen MR) is 98.9 cm³/mol. The summed E-state index contributed by atoms with van der Waals surface area (Å²) in [6.45, 7) is 8.41. The van der Waals surface area contributed by atoms with Crippen molar-refractivity contribution in [1.29, 1.82) is 0 Å². The smallest absolute Gasteiger partial charge is 0.142 e. The van der Waals surface area contributed by atoms with Gasteiger partial charge in [-0.1, -0.05) is 45.9 Å². The van der Waals surface area contributed by atoms with E-state index in [2.05, 4.69) is 32.7 Å². The van der Waals surface area contributed by atoms with Crippen LogP contribution in [0.15, 0.2) is 53.2 Å². The van der Waals surface area contributed by atoms with Crippen LogP contribution in [0.2, 0.25) is 0 Å². The number of carbonyl (C=O) groups is 1. The van der Waals surface area contributed by atoms with Gasteiger partial charge < -0.3 is 5.11 Å². The predicted octanol–water partition coefficient (Wildman–Crippen LogP) is 4.17. The Morgan fingerprint density at radius 3 is 2.28 bits per heavy atom. The second-order valence-corrected chi connectivity index (χ2v) is 7.07. The number of aliphatic hydroxyl groups excluding tert-OH is 1. The molecule has 3 nitrogen and oxygen atoms in total. The van der Waals surface area contributed by atoms with Gasteiger partial charge in [-0.2, -0.15) is 0 Å². The van der Waals surface area contributed by atoms with Gasteiger partial charge in [0.15, 0.2) is 0 Å². The number of benzene rings is 1. The zero-order chi connectivity index (χ0) is 18.6. The normalized spacial score (nSPS) is 20.1. The van der Waals surface area contributed by atoms with Crippen LogP contribution in [0, 0.1) is 29.0 Å². The molecule has 1 heterocycles. The van der Waals surface area contributed by atoms with E-state index < -0.39 is 0 Å². The molecule has 1 N–H and O–H groups in total. The molecule has 0 radical (unpaired) electrons. The SMILES string of the molecule is CC(C)C1(C(C)C)C(CO)=CN=C(c2ccc(F)cc2)C1C=CC=O. The summed E-state index contributed by atoms with van der Waals surface area (Å²) in [6, 6.07) is 6.24. The Morgan fingerprint density at radius 2 is 1.80 bits per heavy atom. The molecule has 1 atom stereocenters. The highest BCUT2D eigenvalue weighted by Crippen LogP contribution is 2.52. The van der Waals surface area contributed by atoms with E-state index in [1.165, 1.54) is 18.2 Å². The summed E-state index contributed by atoms with van der Waals surface area (Å²) >= 11 is 0. The lowest BCUT2D eigenvalue weighted by Crippen LogP contribution is -2.47.